The van der Waals surface area contributed by atoms with Crippen molar-refractivity contribution in [2.24, 2.45) is 11.3 Å². The Hall–Kier alpha value is -0.710. The zero-order valence-corrected chi connectivity index (χ0v) is 16.4. The van der Waals surface area contributed by atoms with Gasteiger partial charge in [-0.1, -0.05) is 26.0 Å². The summed E-state index contributed by atoms with van der Waals surface area (Å²) in [6, 6.07) is 8.69. The van der Waals surface area contributed by atoms with Crippen LogP contribution < -0.4 is 10.6 Å². The molecule has 1 aromatic rings. The third-order valence-electron chi connectivity index (χ3n) is 5.22. The van der Waals surface area contributed by atoms with Gasteiger partial charge in [0.2, 0.25) is 5.91 Å². The Balaban J connectivity index is 0.00000208. The third kappa shape index (κ3) is 4.47. The third-order valence-corrected chi connectivity index (χ3v) is 6.23. The molecule has 2 aliphatic rings. The van der Waals surface area contributed by atoms with Gasteiger partial charge in [0, 0.05) is 16.1 Å². The SMILES string of the molecule is CC(C)Sc1ccc(C(C)NC(=O)C2CC23CCNCC3)cc1.Cl. The van der Waals surface area contributed by atoms with Crippen molar-refractivity contribution in [2.75, 3.05) is 13.1 Å². The Morgan fingerprint density at radius 1 is 1.21 bits per heavy atom. The molecule has 0 aromatic heterocycles. The molecule has 2 fully saturated rings. The molecule has 3 nitrogen and oxygen atoms in total. The Morgan fingerprint density at radius 3 is 2.42 bits per heavy atom. The molecule has 1 spiro atoms. The first-order valence-electron chi connectivity index (χ1n) is 8.78. The minimum atomic E-state index is 0. The van der Waals surface area contributed by atoms with E-state index in [9.17, 15) is 4.79 Å². The predicted octanol–water partition coefficient (Wildman–Crippen LogP) is 4.18. The van der Waals surface area contributed by atoms with Gasteiger partial charge in [-0.2, -0.15) is 0 Å². The number of amides is 1. The van der Waals surface area contributed by atoms with Crippen LogP contribution in [0.2, 0.25) is 0 Å². The molecular weight excluding hydrogens is 340 g/mol. The normalized spacial score (nSPS) is 22.8. The molecule has 0 bridgehead atoms. The van der Waals surface area contributed by atoms with E-state index in [1.165, 1.54) is 10.5 Å². The van der Waals surface area contributed by atoms with Crippen molar-refractivity contribution in [1.82, 2.24) is 10.6 Å². The van der Waals surface area contributed by atoms with Crippen molar-refractivity contribution in [3.05, 3.63) is 29.8 Å². The molecule has 2 N–H and O–H groups in total. The summed E-state index contributed by atoms with van der Waals surface area (Å²) in [6.07, 6.45) is 3.39. The van der Waals surface area contributed by atoms with Gasteiger partial charge in [0.1, 0.15) is 0 Å². The summed E-state index contributed by atoms with van der Waals surface area (Å²) in [5, 5.41) is 7.21. The zero-order valence-electron chi connectivity index (χ0n) is 14.8. The van der Waals surface area contributed by atoms with Gasteiger partial charge in [-0.05, 0) is 62.4 Å². The minimum Gasteiger partial charge on any atom is -0.349 e. The summed E-state index contributed by atoms with van der Waals surface area (Å²) in [5.74, 6) is 0.489. The van der Waals surface area contributed by atoms with E-state index in [0.29, 0.717) is 10.7 Å². The lowest BCUT2D eigenvalue weighted by Crippen LogP contribution is -2.34. The first-order valence-corrected chi connectivity index (χ1v) is 9.66. The smallest absolute Gasteiger partial charge is 0.224 e. The lowest BCUT2D eigenvalue weighted by molar-refractivity contribution is -0.123. The van der Waals surface area contributed by atoms with Crippen LogP contribution in [0.15, 0.2) is 29.2 Å². The van der Waals surface area contributed by atoms with Crippen LogP contribution in [-0.2, 0) is 4.79 Å². The number of halogens is 1. The molecule has 1 heterocycles. The van der Waals surface area contributed by atoms with E-state index >= 15 is 0 Å². The molecule has 1 amide bonds. The number of carbonyl (C=O) groups is 1. The summed E-state index contributed by atoms with van der Waals surface area (Å²) in [5.41, 5.74) is 1.50. The maximum atomic E-state index is 12.5. The van der Waals surface area contributed by atoms with Gasteiger partial charge in [0.05, 0.1) is 6.04 Å². The van der Waals surface area contributed by atoms with E-state index in [4.69, 9.17) is 0 Å². The average molecular weight is 369 g/mol. The molecule has 2 atom stereocenters. The molecule has 134 valence electrons. The van der Waals surface area contributed by atoms with Gasteiger partial charge in [-0.25, -0.2) is 0 Å². The standard InChI is InChI=1S/C19H28N2OS.ClH/c1-13(2)23-16-6-4-15(5-7-16)14(3)21-18(22)17-12-19(17)8-10-20-11-9-19;/h4-7,13-14,17,20H,8-12H2,1-3H3,(H,21,22);1H. The van der Waals surface area contributed by atoms with E-state index < -0.39 is 0 Å². The van der Waals surface area contributed by atoms with Gasteiger partial charge in [-0.3, -0.25) is 4.79 Å². The Kier molecular flexibility index (Phi) is 6.63. The summed E-state index contributed by atoms with van der Waals surface area (Å²) >= 11 is 1.87. The fraction of sp³-hybridized carbons (Fsp3) is 0.632. The molecule has 3 rings (SSSR count). The lowest BCUT2D eigenvalue weighted by Gasteiger charge is -2.24. The van der Waals surface area contributed by atoms with Crippen molar-refractivity contribution in [3.8, 4) is 0 Å². The fourth-order valence-electron chi connectivity index (χ4n) is 3.70. The van der Waals surface area contributed by atoms with Gasteiger partial charge in [0.15, 0.2) is 0 Å². The number of thioether (sulfide) groups is 1. The number of nitrogens with one attached hydrogen (secondary N) is 2. The second kappa shape index (κ2) is 8.11. The molecule has 5 heteroatoms. The van der Waals surface area contributed by atoms with E-state index in [1.807, 2.05) is 11.8 Å². The largest absolute Gasteiger partial charge is 0.349 e. The molecule has 1 saturated carbocycles. The van der Waals surface area contributed by atoms with Crippen molar-refractivity contribution in [3.63, 3.8) is 0 Å². The molecule has 1 aliphatic heterocycles. The van der Waals surface area contributed by atoms with Crippen LogP contribution in [0.5, 0.6) is 0 Å². The van der Waals surface area contributed by atoms with Crippen LogP contribution >= 0.6 is 24.2 Å². The molecule has 0 radical (unpaired) electrons. The number of carbonyl (C=O) groups excluding carboxylic acids is 1. The quantitative estimate of drug-likeness (QED) is 0.766. The molecule has 24 heavy (non-hydrogen) atoms. The topological polar surface area (TPSA) is 41.1 Å². The fourth-order valence-corrected chi connectivity index (χ4v) is 4.54. The van der Waals surface area contributed by atoms with E-state index in [-0.39, 0.29) is 30.3 Å². The van der Waals surface area contributed by atoms with Gasteiger partial charge < -0.3 is 10.6 Å². The van der Waals surface area contributed by atoms with Crippen LogP contribution in [0.25, 0.3) is 0 Å². The molecule has 1 saturated heterocycles. The number of hydrogen-bond donors (Lipinski definition) is 2. The number of hydrogen-bond acceptors (Lipinski definition) is 3. The highest BCUT2D eigenvalue weighted by molar-refractivity contribution is 7.99. The summed E-state index contributed by atoms with van der Waals surface area (Å²) < 4.78 is 0. The highest BCUT2D eigenvalue weighted by Gasteiger charge is 2.57. The Morgan fingerprint density at radius 2 is 1.83 bits per heavy atom. The molecular formula is C19H29ClN2OS. The van der Waals surface area contributed by atoms with E-state index in [1.54, 1.807) is 0 Å². The predicted molar refractivity (Wildman–Crippen MR) is 104 cm³/mol. The van der Waals surface area contributed by atoms with Crippen LogP contribution in [0.3, 0.4) is 0 Å². The number of benzene rings is 1. The van der Waals surface area contributed by atoms with Gasteiger partial charge in [0.25, 0.3) is 0 Å². The Labute approximate surface area is 156 Å². The molecule has 1 aromatic carbocycles. The lowest BCUT2D eigenvalue weighted by atomic mass is 9.91. The Bertz CT molecular complexity index is 555. The van der Waals surface area contributed by atoms with Crippen molar-refractivity contribution in [1.29, 1.82) is 0 Å². The van der Waals surface area contributed by atoms with Crippen LogP contribution in [0.4, 0.5) is 0 Å². The minimum absolute atomic E-state index is 0. The highest BCUT2D eigenvalue weighted by Crippen LogP contribution is 2.58. The van der Waals surface area contributed by atoms with Gasteiger partial charge in [-0.15, -0.1) is 24.2 Å². The second-order valence-electron chi connectivity index (χ2n) is 7.34. The summed E-state index contributed by atoms with van der Waals surface area (Å²) in [6.45, 7) is 8.62. The summed E-state index contributed by atoms with van der Waals surface area (Å²) in [7, 11) is 0. The van der Waals surface area contributed by atoms with E-state index in [0.717, 1.165) is 32.4 Å². The number of piperidine rings is 1. The highest BCUT2D eigenvalue weighted by atomic mass is 35.5. The van der Waals surface area contributed by atoms with Crippen molar-refractivity contribution < 1.29 is 4.79 Å². The zero-order chi connectivity index (χ0) is 16.4. The first kappa shape index (κ1) is 19.6. The maximum Gasteiger partial charge on any atom is 0.224 e. The van der Waals surface area contributed by atoms with Crippen LogP contribution in [-0.4, -0.2) is 24.2 Å². The van der Waals surface area contributed by atoms with E-state index in [2.05, 4.69) is 55.7 Å². The van der Waals surface area contributed by atoms with Crippen LogP contribution in [0.1, 0.15) is 51.6 Å². The van der Waals surface area contributed by atoms with Gasteiger partial charge >= 0.3 is 0 Å². The maximum absolute atomic E-state index is 12.5. The van der Waals surface area contributed by atoms with Crippen molar-refractivity contribution >= 4 is 30.1 Å². The first-order chi connectivity index (χ1) is 11.0. The molecule has 2 unspecified atom stereocenters. The monoisotopic (exact) mass is 368 g/mol. The van der Waals surface area contributed by atoms with Crippen molar-refractivity contribution in [2.45, 2.75) is 56.2 Å². The summed E-state index contributed by atoms with van der Waals surface area (Å²) in [4.78, 5) is 13.8. The number of rotatable bonds is 5. The molecule has 1 aliphatic carbocycles. The average Bonchev–Trinajstić information content (AvgIpc) is 3.21. The second-order valence-corrected chi connectivity index (χ2v) is 8.98. The van der Waals surface area contributed by atoms with Crippen LogP contribution in [0, 0.1) is 11.3 Å².